The second-order valence-electron chi connectivity index (χ2n) is 11.7. The van der Waals surface area contributed by atoms with Crippen LogP contribution in [-0.4, -0.2) is 46.2 Å². The van der Waals surface area contributed by atoms with Gasteiger partial charge in [0.15, 0.2) is 0 Å². The molecule has 0 fully saturated rings. The van der Waals surface area contributed by atoms with Crippen LogP contribution in [0.1, 0.15) is 44.2 Å². The second-order valence-corrected chi connectivity index (χ2v) is 11.7. The number of fused-ring (bicyclic) bond motifs is 6. The monoisotopic (exact) mass is 662 g/mol. The highest BCUT2D eigenvalue weighted by molar-refractivity contribution is 6.09. The molecular formula is C39H38N2O8. The van der Waals surface area contributed by atoms with Crippen LogP contribution in [0.25, 0.3) is 43.6 Å². The summed E-state index contributed by atoms with van der Waals surface area (Å²) in [4.78, 5) is 47.5. The number of ether oxygens (including phenoxy) is 4. The van der Waals surface area contributed by atoms with E-state index in [0.717, 1.165) is 74.2 Å². The summed E-state index contributed by atoms with van der Waals surface area (Å²) in [5.41, 5.74) is 6.10. The highest BCUT2D eigenvalue weighted by Gasteiger charge is 2.16. The zero-order valence-corrected chi connectivity index (χ0v) is 27.6. The van der Waals surface area contributed by atoms with E-state index in [9.17, 15) is 19.2 Å². The first kappa shape index (κ1) is 33.3. The molecule has 0 spiro atoms. The lowest BCUT2D eigenvalue weighted by molar-refractivity contribution is -0.156. The molecule has 2 heterocycles. The highest BCUT2D eigenvalue weighted by atomic mass is 16.6. The Labute approximate surface area is 283 Å². The van der Waals surface area contributed by atoms with E-state index in [1.54, 1.807) is 13.8 Å². The number of carbonyl (C=O) groups excluding carboxylic acids is 4. The van der Waals surface area contributed by atoms with Crippen LogP contribution >= 0.6 is 0 Å². The highest BCUT2D eigenvalue weighted by Crippen LogP contribution is 2.32. The smallest absolute Gasteiger partial charge is 0.317 e. The van der Waals surface area contributed by atoms with Crippen LogP contribution in [0.3, 0.4) is 0 Å². The number of aryl methyl sites for hydroxylation is 2. The van der Waals surface area contributed by atoms with Gasteiger partial charge in [-0.2, -0.15) is 0 Å². The van der Waals surface area contributed by atoms with Gasteiger partial charge in [0.25, 0.3) is 0 Å². The van der Waals surface area contributed by atoms with Crippen LogP contribution < -0.4 is 0 Å². The van der Waals surface area contributed by atoms with E-state index in [1.807, 2.05) is 48.5 Å². The fourth-order valence-corrected chi connectivity index (χ4v) is 6.34. The standard InChI is InChI=1S/C39H38N2O8/c1-3-46-36(42)22-38(44)48-24-26-14-16-34-30(20-26)28-10-5-7-12-32(28)40(34)18-9-19-41-33-13-8-6-11-29(33)31-21-27(15-17-35(31)41)25-49-39(45)23-37(43)47-4-2/h5-8,10-17,20-21H,3-4,9,18-19,22-25H2,1-2H3. The van der Waals surface area contributed by atoms with Gasteiger partial charge in [0.05, 0.1) is 13.2 Å². The molecule has 0 N–H and O–H groups in total. The van der Waals surface area contributed by atoms with E-state index in [4.69, 9.17) is 18.9 Å². The van der Waals surface area contributed by atoms with Gasteiger partial charge in [-0.15, -0.1) is 0 Å². The largest absolute Gasteiger partial charge is 0.466 e. The first-order valence-corrected chi connectivity index (χ1v) is 16.5. The molecule has 0 aliphatic heterocycles. The molecule has 0 atom stereocenters. The maximum absolute atomic E-state index is 12.1. The Morgan fingerprint density at radius 3 is 1.31 bits per heavy atom. The lowest BCUT2D eigenvalue weighted by atomic mass is 10.1. The van der Waals surface area contributed by atoms with E-state index in [1.165, 1.54) is 0 Å². The summed E-state index contributed by atoms with van der Waals surface area (Å²) >= 11 is 0. The summed E-state index contributed by atoms with van der Waals surface area (Å²) in [5, 5.41) is 4.37. The predicted molar refractivity (Wildman–Crippen MR) is 186 cm³/mol. The summed E-state index contributed by atoms with van der Waals surface area (Å²) in [7, 11) is 0. The molecule has 0 saturated carbocycles. The molecule has 10 nitrogen and oxygen atoms in total. The Kier molecular flexibility index (Phi) is 10.2. The number of hydrogen-bond acceptors (Lipinski definition) is 8. The van der Waals surface area contributed by atoms with Crippen molar-refractivity contribution in [2.45, 2.75) is 59.4 Å². The number of hydrogen-bond donors (Lipinski definition) is 0. The van der Waals surface area contributed by atoms with Crippen LogP contribution in [0.4, 0.5) is 0 Å². The molecule has 10 heteroatoms. The molecule has 4 aromatic carbocycles. The van der Waals surface area contributed by atoms with Crippen molar-refractivity contribution < 1.29 is 38.1 Å². The minimum absolute atomic E-state index is 0.0687. The fraction of sp³-hybridized carbons (Fsp3) is 0.282. The van der Waals surface area contributed by atoms with Gasteiger partial charge in [0.1, 0.15) is 26.1 Å². The van der Waals surface area contributed by atoms with Gasteiger partial charge in [-0.3, -0.25) is 19.2 Å². The van der Waals surface area contributed by atoms with E-state index in [0.29, 0.717) is 0 Å². The number of esters is 4. The molecule has 0 unspecified atom stereocenters. The number of carbonyl (C=O) groups is 4. The Morgan fingerprint density at radius 2 is 0.878 bits per heavy atom. The molecule has 0 radical (unpaired) electrons. The minimum Gasteiger partial charge on any atom is -0.466 e. The van der Waals surface area contributed by atoms with Gasteiger partial charge in [-0.05, 0) is 67.8 Å². The molecule has 0 bridgehead atoms. The average molecular weight is 663 g/mol. The predicted octanol–water partition coefficient (Wildman–Crippen LogP) is 6.99. The zero-order valence-electron chi connectivity index (χ0n) is 27.6. The minimum atomic E-state index is -0.614. The van der Waals surface area contributed by atoms with E-state index >= 15 is 0 Å². The molecule has 0 amide bonds. The number of aromatic nitrogens is 2. The van der Waals surface area contributed by atoms with Crippen molar-refractivity contribution in [3.05, 3.63) is 96.1 Å². The topological polar surface area (TPSA) is 115 Å². The molecule has 0 aliphatic rings. The van der Waals surface area contributed by atoms with Gasteiger partial charge < -0.3 is 28.1 Å². The van der Waals surface area contributed by atoms with Crippen molar-refractivity contribution in [2.75, 3.05) is 13.2 Å². The maximum Gasteiger partial charge on any atom is 0.317 e. The summed E-state index contributed by atoms with van der Waals surface area (Å²) in [5.74, 6) is -2.42. The van der Waals surface area contributed by atoms with Crippen LogP contribution in [-0.2, 0) is 64.4 Å². The number of nitrogens with zero attached hydrogens (tertiary/aromatic N) is 2. The van der Waals surface area contributed by atoms with Crippen molar-refractivity contribution in [1.82, 2.24) is 9.13 Å². The van der Waals surface area contributed by atoms with Crippen molar-refractivity contribution in [3.63, 3.8) is 0 Å². The van der Waals surface area contributed by atoms with Crippen LogP contribution in [0.5, 0.6) is 0 Å². The van der Waals surface area contributed by atoms with Crippen LogP contribution in [0.2, 0.25) is 0 Å². The quantitative estimate of drug-likeness (QED) is 0.0697. The Morgan fingerprint density at radius 1 is 0.490 bits per heavy atom. The first-order chi connectivity index (χ1) is 23.9. The third-order valence-electron chi connectivity index (χ3n) is 8.42. The molecule has 252 valence electrons. The van der Waals surface area contributed by atoms with Crippen LogP contribution in [0.15, 0.2) is 84.9 Å². The van der Waals surface area contributed by atoms with E-state index in [2.05, 4.69) is 45.5 Å². The first-order valence-electron chi connectivity index (χ1n) is 16.5. The Hall–Kier alpha value is -5.64. The molecule has 0 aliphatic carbocycles. The van der Waals surface area contributed by atoms with Crippen molar-refractivity contribution >= 4 is 67.5 Å². The second kappa shape index (κ2) is 15.1. The summed E-state index contributed by atoms with van der Waals surface area (Å²) in [6.07, 6.45) is 0.0506. The normalized spacial score (nSPS) is 11.3. The third kappa shape index (κ3) is 7.43. The van der Waals surface area contributed by atoms with Crippen molar-refractivity contribution in [2.24, 2.45) is 0 Å². The van der Waals surface area contributed by atoms with Crippen molar-refractivity contribution in [3.8, 4) is 0 Å². The zero-order chi connectivity index (χ0) is 34.3. The average Bonchev–Trinajstić information content (AvgIpc) is 3.58. The SMILES string of the molecule is CCOC(=O)CC(=O)OCc1ccc2c(c1)c1ccccc1n2CCCn1c2ccccc2c2cc(COC(=O)CC(=O)OCC)ccc21. The summed E-state index contributed by atoms with van der Waals surface area (Å²) in [6, 6.07) is 28.7. The van der Waals surface area contributed by atoms with E-state index in [-0.39, 0.29) is 26.4 Å². The molecule has 6 aromatic rings. The summed E-state index contributed by atoms with van der Waals surface area (Å²) < 4.78 is 25.0. The number of rotatable bonds is 14. The van der Waals surface area contributed by atoms with Gasteiger partial charge >= 0.3 is 23.9 Å². The van der Waals surface area contributed by atoms with Gasteiger partial charge in [-0.25, -0.2) is 0 Å². The summed E-state index contributed by atoms with van der Waals surface area (Å²) in [6.45, 7) is 5.51. The lowest BCUT2D eigenvalue weighted by Crippen LogP contribution is -2.13. The molecule has 6 rings (SSSR count). The molecular weight excluding hydrogens is 624 g/mol. The third-order valence-corrected chi connectivity index (χ3v) is 8.42. The van der Waals surface area contributed by atoms with Gasteiger partial charge in [0, 0.05) is 56.7 Å². The number of para-hydroxylation sites is 2. The molecule has 2 aromatic heterocycles. The molecule has 49 heavy (non-hydrogen) atoms. The lowest BCUT2D eigenvalue weighted by Gasteiger charge is -2.11. The van der Waals surface area contributed by atoms with Crippen molar-refractivity contribution in [1.29, 1.82) is 0 Å². The van der Waals surface area contributed by atoms with E-state index < -0.39 is 36.7 Å². The molecule has 0 saturated heterocycles. The van der Waals surface area contributed by atoms with Gasteiger partial charge in [-0.1, -0.05) is 48.5 Å². The fourth-order valence-electron chi connectivity index (χ4n) is 6.34. The van der Waals surface area contributed by atoms with Crippen LogP contribution in [0, 0.1) is 0 Å². The Bertz CT molecular complexity index is 2020. The maximum atomic E-state index is 12.1. The Balaban J connectivity index is 1.19. The number of benzene rings is 4. The van der Waals surface area contributed by atoms with Gasteiger partial charge in [0.2, 0.25) is 0 Å².